The molecule has 0 radical (unpaired) electrons. The number of fused-ring (bicyclic) bond motifs is 1. The van der Waals surface area contributed by atoms with Gasteiger partial charge in [-0.05, 0) is 18.8 Å². The Morgan fingerprint density at radius 1 is 1.53 bits per heavy atom. The van der Waals surface area contributed by atoms with Crippen LogP contribution >= 0.6 is 11.8 Å². The average Bonchev–Trinajstić information content (AvgIpc) is 2.74. The van der Waals surface area contributed by atoms with E-state index in [9.17, 15) is 14.6 Å². The van der Waals surface area contributed by atoms with Gasteiger partial charge in [-0.15, -0.1) is 0 Å². The standard InChI is InChI=1S/C12H19FN2O3S/c1-14-12-15-7-6(13)9(17)10(18-11(7)19-12)8(16)5-3-2-4-5/h5-11,16-17H,2-4H2,1H3,(H,14,15)/t6-,7+,8-,9-,10+,11+/m0/s1. The lowest BCUT2D eigenvalue weighted by molar-refractivity contribution is -0.184. The molecule has 2 aliphatic heterocycles. The number of amidine groups is 1. The van der Waals surface area contributed by atoms with Gasteiger partial charge in [0, 0.05) is 7.05 Å². The molecular weight excluding hydrogens is 271 g/mol. The lowest BCUT2D eigenvalue weighted by Gasteiger charge is -2.43. The highest BCUT2D eigenvalue weighted by Gasteiger charge is 2.52. The average molecular weight is 290 g/mol. The Balaban J connectivity index is 1.72. The molecule has 0 unspecified atom stereocenters. The molecule has 19 heavy (non-hydrogen) atoms. The Bertz CT molecular complexity index is 380. The van der Waals surface area contributed by atoms with Gasteiger partial charge in [-0.3, -0.25) is 4.99 Å². The summed E-state index contributed by atoms with van der Waals surface area (Å²) in [5, 5.41) is 23.7. The van der Waals surface area contributed by atoms with Crippen LogP contribution < -0.4 is 5.32 Å². The van der Waals surface area contributed by atoms with Crippen LogP contribution in [0.15, 0.2) is 4.99 Å². The second-order valence-electron chi connectivity index (χ2n) is 5.38. The minimum Gasteiger partial charge on any atom is -0.390 e. The molecular formula is C12H19FN2O3S. The fraction of sp³-hybridized carbons (Fsp3) is 0.917. The fourth-order valence-corrected chi connectivity index (χ4v) is 3.86. The Hall–Kier alpha value is -0.370. The predicted molar refractivity (Wildman–Crippen MR) is 70.8 cm³/mol. The number of aliphatic imine (C=N–C) groups is 1. The van der Waals surface area contributed by atoms with Crippen LogP contribution in [0.3, 0.4) is 0 Å². The van der Waals surface area contributed by atoms with E-state index in [1.807, 2.05) is 0 Å². The molecule has 0 aromatic rings. The first-order valence-electron chi connectivity index (χ1n) is 6.69. The largest absolute Gasteiger partial charge is 0.390 e. The monoisotopic (exact) mass is 290 g/mol. The Morgan fingerprint density at radius 2 is 2.26 bits per heavy atom. The van der Waals surface area contributed by atoms with Gasteiger partial charge in [0.05, 0.1) is 6.10 Å². The molecule has 7 heteroatoms. The number of alkyl halides is 1. The Labute approximate surface area is 115 Å². The van der Waals surface area contributed by atoms with Crippen LogP contribution in [0.25, 0.3) is 0 Å². The highest BCUT2D eigenvalue weighted by molar-refractivity contribution is 8.14. The van der Waals surface area contributed by atoms with Crippen molar-refractivity contribution in [2.45, 2.75) is 55.2 Å². The fourth-order valence-electron chi connectivity index (χ4n) is 2.81. The van der Waals surface area contributed by atoms with Gasteiger partial charge >= 0.3 is 0 Å². The number of hydrogen-bond donors (Lipinski definition) is 3. The summed E-state index contributed by atoms with van der Waals surface area (Å²) < 4.78 is 20.0. The summed E-state index contributed by atoms with van der Waals surface area (Å²) in [5.41, 5.74) is -0.458. The molecule has 0 aromatic heterocycles. The maximum absolute atomic E-state index is 14.2. The number of nitrogens with one attached hydrogen (secondary N) is 1. The molecule has 0 aromatic carbocycles. The predicted octanol–water partition coefficient (Wildman–Crippen LogP) is 0.262. The molecule has 6 atom stereocenters. The molecule has 0 amide bonds. The van der Waals surface area contributed by atoms with E-state index in [-0.39, 0.29) is 5.92 Å². The van der Waals surface area contributed by atoms with Gasteiger partial charge in [0.1, 0.15) is 23.7 Å². The van der Waals surface area contributed by atoms with Gasteiger partial charge in [0.15, 0.2) is 11.3 Å². The maximum atomic E-state index is 14.2. The van der Waals surface area contributed by atoms with Crippen LogP contribution in [0, 0.1) is 5.92 Å². The summed E-state index contributed by atoms with van der Waals surface area (Å²) in [7, 11) is 1.72. The molecule has 2 heterocycles. The van der Waals surface area contributed by atoms with Crippen molar-refractivity contribution in [3.63, 3.8) is 0 Å². The Morgan fingerprint density at radius 3 is 2.84 bits per heavy atom. The molecule has 3 aliphatic rings. The van der Waals surface area contributed by atoms with Crippen LogP contribution in [0.1, 0.15) is 19.3 Å². The third-order valence-electron chi connectivity index (χ3n) is 4.24. The van der Waals surface area contributed by atoms with Crippen molar-refractivity contribution < 1.29 is 19.3 Å². The number of aliphatic hydroxyl groups is 2. The van der Waals surface area contributed by atoms with E-state index >= 15 is 0 Å². The van der Waals surface area contributed by atoms with Gasteiger partial charge < -0.3 is 20.3 Å². The summed E-state index contributed by atoms with van der Waals surface area (Å²) in [6, 6.07) is -0.688. The molecule has 3 N–H and O–H groups in total. The number of ether oxygens (including phenoxy) is 1. The van der Waals surface area contributed by atoms with E-state index < -0.39 is 36.0 Å². The Kier molecular flexibility index (Phi) is 3.72. The summed E-state index contributed by atoms with van der Waals surface area (Å²) in [6.45, 7) is 0. The van der Waals surface area contributed by atoms with Crippen LogP contribution in [-0.4, -0.2) is 58.4 Å². The smallest absolute Gasteiger partial charge is 0.159 e. The van der Waals surface area contributed by atoms with Crippen molar-refractivity contribution in [2.75, 3.05) is 7.05 Å². The van der Waals surface area contributed by atoms with E-state index in [1.165, 1.54) is 11.8 Å². The van der Waals surface area contributed by atoms with Crippen LogP contribution in [0.4, 0.5) is 4.39 Å². The zero-order chi connectivity index (χ0) is 13.6. The third kappa shape index (κ3) is 2.26. The molecule has 1 saturated carbocycles. The molecule has 0 spiro atoms. The first-order valence-corrected chi connectivity index (χ1v) is 7.57. The second-order valence-corrected chi connectivity index (χ2v) is 6.47. The topological polar surface area (TPSA) is 74.1 Å². The van der Waals surface area contributed by atoms with Crippen molar-refractivity contribution >= 4 is 16.9 Å². The highest BCUT2D eigenvalue weighted by atomic mass is 32.2. The van der Waals surface area contributed by atoms with Crippen molar-refractivity contribution in [1.29, 1.82) is 0 Å². The number of nitrogens with zero attached hydrogens (tertiary/aromatic N) is 1. The molecule has 0 bridgehead atoms. The molecule has 2 fully saturated rings. The van der Waals surface area contributed by atoms with Gasteiger partial charge in [-0.1, -0.05) is 18.2 Å². The zero-order valence-corrected chi connectivity index (χ0v) is 11.5. The quantitative estimate of drug-likeness (QED) is 0.680. The lowest BCUT2D eigenvalue weighted by Crippen LogP contribution is -2.58. The van der Waals surface area contributed by atoms with Crippen molar-refractivity contribution in [3.8, 4) is 0 Å². The number of rotatable bonds is 2. The highest BCUT2D eigenvalue weighted by Crippen LogP contribution is 2.41. The number of aliphatic hydroxyl groups excluding tert-OH is 2. The zero-order valence-electron chi connectivity index (χ0n) is 10.7. The van der Waals surface area contributed by atoms with E-state index in [1.54, 1.807) is 7.05 Å². The molecule has 108 valence electrons. The maximum Gasteiger partial charge on any atom is 0.159 e. The first-order chi connectivity index (χ1) is 9.11. The number of halogens is 1. The first kappa shape index (κ1) is 13.6. The van der Waals surface area contributed by atoms with Gasteiger partial charge in [-0.25, -0.2) is 4.39 Å². The SMILES string of the molecule is CNC1=N[C@@H]2[C@H](F)[C@H](O)[C@@H]([C@@H](O)C3CCC3)O[C@@H]2S1. The second kappa shape index (κ2) is 5.20. The molecule has 1 aliphatic carbocycles. The van der Waals surface area contributed by atoms with Crippen LogP contribution in [0.2, 0.25) is 0 Å². The van der Waals surface area contributed by atoms with Crippen molar-refractivity contribution in [2.24, 2.45) is 10.9 Å². The number of hydrogen-bond acceptors (Lipinski definition) is 6. The lowest BCUT2D eigenvalue weighted by atomic mass is 9.77. The van der Waals surface area contributed by atoms with E-state index in [0.717, 1.165) is 19.3 Å². The van der Waals surface area contributed by atoms with E-state index in [0.29, 0.717) is 5.17 Å². The van der Waals surface area contributed by atoms with Crippen LogP contribution in [-0.2, 0) is 4.74 Å². The summed E-state index contributed by atoms with van der Waals surface area (Å²) >= 11 is 1.31. The van der Waals surface area contributed by atoms with E-state index in [4.69, 9.17) is 4.74 Å². The van der Waals surface area contributed by atoms with Crippen molar-refractivity contribution in [1.82, 2.24) is 5.32 Å². The molecule has 5 nitrogen and oxygen atoms in total. The van der Waals surface area contributed by atoms with Crippen molar-refractivity contribution in [3.05, 3.63) is 0 Å². The number of thioether (sulfide) groups is 1. The minimum absolute atomic E-state index is 0.125. The van der Waals surface area contributed by atoms with Crippen LogP contribution in [0.5, 0.6) is 0 Å². The van der Waals surface area contributed by atoms with E-state index in [2.05, 4.69) is 10.3 Å². The van der Waals surface area contributed by atoms with Gasteiger partial charge in [-0.2, -0.15) is 0 Å². The molecule has 1 saturated heterocycles. The summed E-state index contributed by atoms with van der Waals surface area (Å²) in [6.07, 6.45) is -1.51. The summed E-state index contributed by atoms with van der Waals surface area (Å²) in [5.74, 6) is 0.125. The normalized spacial score (nSPS) is 44.2. The summed E-state index contributed by atoms with van der Waals surface area (Å²) in [4.78, 5) is 4.16. The van der Waals surface area contributed by atoms with Gasteiger partial charge in [0.2, 0.25) is 0 Å². The minimum atomic E-state index is -1.49. The third-order valence-corrected chi connectivity index (χ3v) is 5.39. The molecule has 3 rings (SSSR count). The van der Waals surface area contributed by atoms with Gasteiger partial charge in [0.25, 0.3) is 0 Å².